The molecule has 0 aromatic rings. The van der Waals surface area contributed by atoms with Crippen molar-refractivity contribution in [1.82, 2.24) is 21.3 Å². The lowest BCUT2D eigenvalue weighted by molar-refractivity contribution is -0.399. The van der Waals surface area contributed by atoms with E-state index in [1.165, 1.54) is 6.92 Å². The molecule has 10 aliphatic heterocycles. The van der Waals surface area contributed by atoms with Crippen LogP contribution in [0.25, 0.3) is 0 Å². The van der Waals surface area contributed by atoms with E-state index in [0.29, 0.717) is 0 Å². The number of rotatable bonds is 31. The van der Waals surface area contributed by atoms with Gasteiger partial charge < -0.3 is 249 Å². The van der Waals surface area contributed by atoms with Crippen LogP contribution < -0.4 is 21.3 Å². The fourth-order valence-electron chi connectivity index (χ4n) is 15.8. The highest BCUT2D eigenvalue weighted by molar-refractivity contribution is 5.74. The summed E-state index contributed by atoms with van der Waals surface area (Å²) in [5.41, 5.74) is 0. The molecule has 122 heavy (non-hydrogen) atoms. The van der Waals surface area contributed by atoms with Crippen molar-refractivity contribution in [1.29, 1.82) is 0 Å². The Balaban J connectivity index is 0.983. The molecule has 0 aromatic heterocycles. The Bertz CT molecular complexity index is 3290. The van der Waals surface area contributed by atoms with Crippen LogP contribution in [-0.4, -0.2) is 528 Å². The molecule has 31 N–H and O–H groups in total. The van der Waals surface area contributed by atoms with Gasteiger partial charge in [0.15, 0.2) is 62.9 Å². The van der Waals surface area contributed by atoms with Crippen LogP contribution >= 0.6 is 0 Å². The van der Waals surface area contributed by atoms with Crippen LogP contribution in [0.15, 0.2) is 0 Å². The Labute approximate surface area is 691 Å². The van der Waals surface area contributed by atoms with Crippen LogP contribution in [-0.2, 0) is 109 Å². The average Bonchev–Trinajstić information content (AvgIpc) is 0.760. The van der Waals surface area contributed by atoms with Gasteiger partial charge in [-0.25, -0.2) is 0 Å². The highest BCUT2D eigenvalue weighted by Gasteiger charge is 2.62. The zero-order valence-corrected chi connectivity index (χ0v) is 65.7. The van der Waals surface area contributed by atoms with Crippen molar-refractivity contribution in [3.8, 4) is 0 Å². The molecule has 10 aliphatic rings. The molecular weight excluding hydrogens is 1670 g/mol. The predicted octanol–water partition coefficient (Wildman–Crippen LogP) is -21.2. The number of hydrogen-bond donors (Lipinski definition) is 31. The Morgan fingerprint density at radius 1 is 0.230 bits per heavy atom. The van der Waals surface area contributed by atoms with Crippen LogP contribution in [0.4, 0.5) is 0 Å². The standard InChI is InChI=1S/C68H114N4O50/c1-15-33(84)43(94)48(99)63(106-15)104-14-28-55(39(90)29(59(103)107-28)69-16(2)80)116-60-30(70-17(3)81)40(91)54(26(12-79)112-60)119-66-51(102)56(120-68-58(47(98)37(88)23(9-76)111-68)122-62-32(72-19(5)83)42(93)53(25(11-78)114-62)118-65-50(101)45(96)35(86)21(7-74)109-65)38(89)27(115-66)13-105-67-57(46(97)36(87)22(8-75)110-67)121-61-31(71-18(4)82)41(92)52(24(10-77)113-61)117-64-49(100)44(95)34(85)20(6-73)108-64/h15,20-68,73-79,84-103H,6-14H2,1-5H3,(H,69,80)(H,70,81)(H,71,82)(H,72,83)/t15-,20-,21-,22-,23-,24-,25-,26-,27-,28-,29-,30-,31-,32-,33+,34+,35+,36-,37-,38-,39-,40-,41-,42-,43+,44+,45+,46+,47+,48-,49-,50-,51+,52-,53-,54-,55-,56+,57+,58+,59?,60+,61+,62+,63+,64+,65+,66+,67+,68-/m1/s1. The molecule has 10 rings (SSSR count). The maximum Gasteiger partial charge on any atom is 0.217 e. The molecule has 706 valence electrons. The van der Waals surface area contributed by atoms with Gasteiger partial charge in [-0.2, -0.15) is 0 Å². The molecule has 0 bridgehead atoms. The fourth-order valence-corrected chi connectivity index (χ4v) is 15.8. The lowest BCUT2D eigenvalue weighted by atomic mass is 9.93. The van der Waals surface area contributed by atoms with Crippen molar-refractivity contribution in [3.63, 3.8) is 0 Å². The number of aliphatic hydroxyl groups is 27. The molecule has 0 saturated carbocycles. The average molecular weight is 1790 g/mol. The molecule has 10 saturated heterocycles. The molecule has 4 amide bonds. The van der Waals surface area contributed by atoms with E-state index in [1.807, 2.05) is 0 Å². The van der Waals surface area contributed by atoms with E-state index in [0.717, 1.165) is 27.7 Å². The lowest BCUT2D eigenvalue weighted by Gasteiger charge is -2.51. The number of carbonyl (C=O) groups is 4. The molecule has 1 unspecified atom stereocenters. The van der Waals surface area contributed by atoms with Crippen molar-refractivity contribution in [2.45, 2.75) is 341 Å². The summed E-state index contributed by atoms with van der Waals surface area (Å²) in [4.78, 5) is 51.6. The highest BCUT2D eigenvalue weighted by Crippen LogP contribution is 2.41. The van der Waals surface area contributed by atoms with Gasteiger partial charge in [-0.15, -0.1) is 0 Å². The summed E-state index contributed by atoms with van der Waals surface area (Å²) in [6.07, 6.45) is -95.2. The second kappa shape index (κ2) is 43.6. The van der Waals surface area contributed by atoms with E-state index in [1.54, 1.807) is 0 Å². The van der Waals surface area contributed by atoms with Crippen LogP contribution in [0, 0.1) is 0 Å². The van der Waals surface area contributed by atoms with Gasteiger partial charge in [0.1, 0.15) is 238 Å². The van der Waals surface area contributed by atoms with Crippen LogP contribution in [0.5, 0.6) is 0 Å². The number of amides is 4. The molecule has 0 aromatic carbocycles. The second-order valence-electron chi connectivity index (χ2n) is 31.0. The third-order valence-corrected chi connectivity index (χ3v) is 22.4. The minimum Gasteiger partial charge on any atom is -0.394 e. The van der Waals surface area contributed by atoms with E-state index in [9.17, 15) is 157 Å². The predicted molar refractivity (Wildman–Crippen MR) is 375 cm³/mol. The first-order chi connectivity index (χ1) is 57.7. The van der Waals surface area contributed by atoms with E-state index < -0.39 is 390 Å². The van der Waals surface area contributed by atoms with Crippen molar-refractivity contribution in [2.75, 3.05) is 59.5 Å². The SMILES string of the molecule is CC(=O)N[C@H]1[C@H](O[C@H]2[C@H](O)[C@@H](NC(C)=O)C(O)O[C@@H]2CO[C@H]2O[C@H](C)[C@H](O)[C@H](O)[C@H]2O)O[C@H](CO)[C@@H](O[C@@H]2O[C@H](CO[C@H]3O[C@H](CO)[C@@H](O)[C@H](O)[C@@H]3O[C@@H]3O[C@H](CO)[C@@H](O[C@@H]4O[C@H](CO)[C@H](O)[C@H](O)[C@H]4O)[C@H](O)[C@H]3NC(C)=O)[C@@H](O)[C@H](O[C@H]3O[C@H](CO)[C@@H](O)[C@H](O)[C@@H]3O[C@@H]3O[C@H](CO)[C@@H](O[C@@H]4O[C@H](CO)[C@H](O)[C@H](O)[C@H]4O)[C@H](O)[C@H]3NC(C)=O)[C@@H]2O)[C@@H]1O. The van der Waals surface area contributed by atoms with Crippen molar-refractivity contribution in [3.05, 3.63) is 0 Å². The van der Waals surface area contributed by atoms with E-state index in [2.05, 4.69) is 21.3 Å². The minimum atomic E-state index is -2.63. The second-order valence-corrected chi connectivity index (χ2v) is 31.0. The van der Waals surface area contributed by atoms with E-state index >= 15 is 0 Å². The minimum absolute atomic E-state index is 0.846. The Kier molecular flexibility index (Phi) is 35.8. The summed E-state index contributed by atoms with van der Waals surface area (Å²) in [5.74, 6) is -3.76. The number of nitrogens with one attached hydrogen (secondary N) is 4. The van der Waals surface area contributed by atoms with Crippen molar-refractivity contribution >= 4 is 23.6 Å². The molecule has 0 aliphatic carbocycles. The van der Waals surface area contributed by atoms with Gasteiger partial charge >= 0.3 is 0 Å². The van der Waals surface area contributed by atoms with Gasteiger partial charge in [-0.1, -0.05) is 0 Å². The Morgan fingerprint density at radius 2 is 0.500 bits per heavy atom. The Morgan fingerprint density at radius 3 is 0.893 bits per heavy atom. The highest BCUT2D eigenvalue weighted by atomic mass is 16.8. The molecule has 0 radical (unpaired) electrons. The summed E-state index contributed by atoms with van der Waals surface area (Å²) in [7, 11) is 0. The number of ether oxygens (including phenoxy) is 19. The van der Waals surface area contributed by atoms with Gasteiger partial charge in [-0.3, -0.25) is 19.2 Å². The molecule has 0 spiro atoms. The molecule has 10 heterocycles. The molecular formula is C68H114N4O50. The maximum absolute atomic E-state index is 13.3. The van der Waals surface area contributed by atoms with Crippen LogP contribution in [0.1, 0.15) is 34.6 Å². The van der Waals surface area contributed by atoms with Crippen LogP contribution in [0.2, 0.25) is 0 Å². The van der Waals surface area contributed by atoms with E-state index in [4.69, 9.17) is 90.0 Å². The zero-order chi connectivity index (χ0) is 89.8. The first-order valence-corrected chi connectivity index (χ1v) is 39.0. The van der Waals surface area contributed by atoms with Gasteiger partial charge in [0, 0.05) is 27.7 Å². The number of aliphatic hydroxyl groups excluding tert-OH is 27. The summed E-state index contributed by atoms with van der Waals surface area (Å²) in [6.45, 7) is -4.83. The maximum atomic E-state index is 13.3. The van der Waals surface area contributed by atoms with Gasteiger partial charge in [0.25, 0.3) is 0 Å². The van der Waals surface area contributed by atoms with Crippen molar-refractivity contribution in [2.24, 2.45) is 0 Å². The third-order valence-electron chi connectivity index (χ3n) is 22.4. The van der Waals surface area contributed by atoms with Crippen LogP contribution in [0.3, 0.4) is 0 Å². The number of carbonyl (C=O) groups excluding carboxylic acids is 4. The monoisotopic (exact) mass is 1790 g/mol. The first kappa shape index (κ1) is 100. The number of hydrogen-bond acceptors (Lipinski definition) is 50. The summed E-state index contributed by atoms with van der Waals surface area (Å²) in [5, 5.41) is 310. The van der Waals surface area contributed by atoms with Gasteiger partial charge in [0.05, 0.1) is 65.6 Å². The molecule has 10 fully saturated rings. The van der Waals surface area contributed by atoms with Crippen molar-refractivity contribution < 1.29 is 247 Å². The topological polar surface area (TPSA) is 838 Å². The normalized spacial score (nSPS) is 49.7. The zero-order valence-electron chi connectivity index (χ0n) is 65.7. The molecule has 50 atom stereocenters. The summed E-state index contributed by atoms with van der Waals surface area (Å²) in [6, 6.07) is -7.69. The fraction of sp³-hybridized carbons (Fsp3) is 0.941. The van der Waals surface area contributed by atoms with Gasteiger partial charge in [0.2, 0.25) is 23.6 Å². The largest absolute Gasteiger partial charge is 0.394 e. The molecule has 54 heteroatoms. The van der Waals surface area contributed by atoms with Gasteiger partial charge in [-0.05, 0) is 6.92 Å². The quantitative estimate of drug-likeness (QED) is 0.0306. The summed E-state index contributed by atoms with van der Waals surface area (Å²) < 4.78 is 113. The smallest absolute Gasteiger partial charge is 0.217 e. The Hall–Kier alpha value is -3.96. The summed E-state index contributed by atoms with van der Waals surface area (Å²) >= 11 is 0. The third kappa shape index (κ3) is 22.0. The van der Waals surface area contributed by atoms with E-state index in [-0.39, 0.29) is 0 Å². The lowest BCUT2D eigenvalue weighted by Crippen LogP contribution is -2.71. The first-order valence-electron chi connectivity index (χ1n) is 39.0. The molecule has 54 nitrogen and oxygen atoms in total.